The van der Waals surface area contributed by atoms with Crippen molar-refractivity contribution in [3.05, 3.63) is 65.5 Å². The van der Waals surface area contributed by atoms with Crippen molar-refractivity contribution in [2.45, 2.75) is 57.8 Å². The highest BCUT2D eigenvalue weighted by Crippen LogP contribution is 2.22. The van der Waals surface area contributed by atoms with E-state index in [1.807, 2.05) is 30.3 Å². The molecule has 2 aromatic rings. The third-order valence-electron chi connectivity index (χ3n) is 4.83. The van der Waals surface area contributed by atoms with Crippen LogP contribution in [0.15, 0.2) is 53.5 Å². The SMILES string of the molecule is O=C(O)CCCCCCCCCCN=C(c1ccccc1)c1cc(F)ccc1O. The smallest absolute Gasteiger partial charge is 0.303 e. The number of hydrogen-bond donors (Lipinski definition) is 2. The van der Waals surface area contributed by atoms with Crippen molar-refractivity contribution in [1.82, 2.24) is 0 Å². The fourth-order valence-electron chi connectivity index (χ4n) is 3.27. The second-order valence-corrected chi connectivity index (χ2v) is 7.23. The standard InChI is InChI=1S/C24H30FNO3/c25-20-15-16-22(27)21(18-20)24(19-12-8-7-9-13-19)26-17-11-6-4-2-1-3-5-10-14-23(28)29/h7-9,12-13,15-16,18,27H,1-6,10-11,14,17H2,(H,28,29). The predicted molar refractivity (Wildman–Crippen MR) is 114 cm³/mol. The molecule has 0 saturated carbocycles. The molecule has 0 amide bonds. The highest BCUT2D eigenvalue weighted by molar-refractivity contribution is 6.14. The van der Waals surface area contributed by atoms with Crippen molar-refractivity contribution in [3.8, 4) is 5.75 Å². The molecule has 2 aromatic carbocycles. The number of rotatable bonds is 13. The largest absolute Gasteiger partial charge is 0.507 e. The normalized spacial score (nSPS) is 11.6. The lowest BCUT2D eigenvalue weighted by atomic mass is 10.0. The van der Waals surface area contributed by atoms with Crippen molar-refractivity contribution >= 4 is 11.7 Å². The number of benzene rings is 2. The molecule has 0 aliphatic heterocycles. The van der Waals surface area contributed by atoms with E-state index in [2.05, 4.69) is 4.99 Å². The Hall–Kier alpha value is -2.69. The third kappa shape index (κ3) is 8.46. The van der Waals surface area contributed by atoms with Gasteiger partial charge in [0.2, 0.25) is 0 Å². The van der Waals surface area contributed by atoms with Gasteiger partial charge in [-0.3, -0.25) is 9.79 Å². The van der Waals surface area contributed by atoms with Crippen LogP contribution in [0.3, 0.4) is 0 Å². The van der Waals surface area contributed by atoms with Crippen LogP contribution in [-0.2, 0) is 4.79 Å². The fraction of sp³-hybridized carbons (Fsp3) is 0.417. The van der Waals surface area contributed by atoms with E-state index >= 15 is 0 Å². The first kappa shape index (κ1) is 22.6. The maximum absolute atomic E-state index is 13.7. The Bertz CT molecular complexity index is 790. The van der Waals surface area contributed by atoms with E-state index < -0.39 is 11.8 Å². The van der Waals surface area contributed by atoms with Crippen LogP contribution in [0.5, 0.6) is 5.75 Å². The van der Waals surface area contributed by atoms with E-state index in [1.54, 1.807) is 0 Å². The number of unbranched alkanes of at least 4 members (excludes halogenated alkanes) is 7. The lowest BCUT2D eigenvalue weighted by Crippen LogP contribution is -2.05. The molecule has 0 heterocycles. The Morgan fingerprint density at radius 2 is 1.48 bits per heavy atom. The Labute approximate surface area is 172 Å². The Morgan fingerprint density at radius 3 is 2.14 bits per heavy atom. The summed E-state index contributed by atoms with van der Waals surface area (Å²) in [6.45, 7) is 0.624. The summed E-state index contributed by atoms with van der Waals surface area (Å²) in [5, 5.41) is 18.8. The van der Waals surface area contributed by atoms with Crippen molar-refractivity contribution in [1.29, 1.82) is 0 Å². The number of aliphatic imine (C=N–C) groups is 1. The quantitative estimate of drug-likeness (QED) is 0.322. The number of carboxylic acid groups (broad SMARTS) is 1. The molecule has 0 spiro atoms. The molecule has 0 unspecified atom stereocenters. The average Bonchev–Trinajstić information content (AvgIpc) is 2.71. The van der Waals surface area contributed by atoms with Gasteiger partial charge in [-0.2, -0.15) is 0 Å². The zero-order chi connectivity index (χ0) is 20.9. The van der Waals surface area contributed by atoms with Gasteiger partial charge in [0.05, 0.1) is 5.71 Å². The third-order valence-corrected chi connectivity index (χ3v) is 4.83. The first-order valence-corrected chi connectivity index (χ1v) is 10.4. The zero-order valence-electron chi connectivity index (χ0n) is 16.8. The summed E-state index contributed by atoms with van der Waals surface area (Å²) >= 11 is 0. The van der Waals surface area contributed by atoms with E-state index in [0.717, 1.165) is 56.9 Å². The number of carboxylic acids is 1. The summed E-state index contributed by atoms with van der Waals surface area (Å²) < 4.78 is 13.7. The molecule has 0 saturated heterocycles. The molecule has 0 aromatic heterocycles. The van der Waals surface area contributed by atoms with Crippen LogP contribution in [0.4, 0.5) is 4.39 Å². The molecule has 29 heavy (non-hydrogen) atoms. The van der Waals surface area contributed by atoms with Gasteiger partial charge in [-0.1, -0.05) is 68.9 Å². The van der Waals surface area contributed by atoms with Crippen molar-refractivity contribution in [3.63, 3.8) is 0 Å². The Kier molecular flexibility index (Phi) is 9.90. The maximum atomic E-state index is 13.7. The minimum Gasteiger partial charge on any atom is -0.507 e. The van der Waals surface area contributed by atoms with Crippen molar-refractivity contribution in [2.24, 2.45) is 4.99 Å². The van der Waals surface area contributed by atoms with Crippen molar-refractivity contribution < 1.29 is 19.4 Å². The molecule has 0 bridgehead atoms. The molecule has 0 aliphatic rings. The van der Waals surface area contributed by atoms with Crippen LogP contribution >= 0.6 is 0 Å². The first-order valence-electron chi connectivity index (χ1n) is 10.4. The van der Waals surface area contributed by atoms with Gasteiger partial charge in [-0.05, 0) is 31.0 Å². The lowest BCUT2D eigenvalue weighted by molar-refractivity contribution is -0.137. The van der Waals surface area contributed by atoms with Gasteiger partial charge in [0.25, 0.3) is 0 Å². The fourth-order valence-corrected chi connectivity index (χ4v) is 3.27. The summed E-state index contributed by atoms with van der Waals surface area (Å²) in [6, 6.07) is 13.5. The summed E-state index contributed by atoms with van der Waals surface area (Å²) in [6.07, 6.45) is 8.50. The predicted octanol–water partition coefficient (Wildman–Crippen LogP) is 5.96. The van der Waals surface area contributed by atoms with Crippen LogP contribution in [0.25, 0.3) is 0 Å². The molecule has 0 atom stereocenters. The number of halogens is 1. The number of phenols is 1. The highest BCUT2D eigenvalue weighted by atomic mass is 19.1. The number of phenolic OH excluding ortho intramolecular Hbond substituents is 1. The second kappa shape index (κ2) is 12.7. The van der Waals surface area contributed by atoms with Gasteiger partial charge >= 0.3 is 5.97 Å². The number of hydrogen-bond acceptors (Lipinski definition) is 3. The van der Waals surface area contributed by atoms with E-state index in [1.165, 1.54) is 18.2 Å². The topological polar surface area (TPSA) is 69.9 Å². The molecule has 5 heteroatoms. The molecule has 0 fully saturated rings. The van der Waals surface area contributed by atoms with Crippen LogP contribution in [-0.4, -0.2) is 28.4 Å². The van der Waals surface area contributed by atoms with Gasteiger partial charge in [0, 0.05) is 24.1 Å². The van der Waals surface area contributed by atoms with Crippen LogP contribution < -0.4 is 0 Å². The zero-order valence-corrected chi connectivity index (χ0v) is 16.8. The minimum absolute atomic E-state index is 0.0249. The van der Waals surface area contributed by atoms with Gasteiger partial charge in [-0.25, -0.2) is 4.39 Å². The van der Waals surface area contributed by atoms with Gasteiger partial charge in [0.15, 0.2) is 0 Å². The molecule has 2 rings (SSSR count). The molecule has 4 nitrogen and oxygen atoms in total. The molecule has 0 radical (unpaired) electrons. The van der Waals surface area contributed by atoms with Crippen LogP contribution in [0, 0.1) is 5.82 Å². The van der Waals surface area contributed by atoms with E-state index in [0.29, 0.717) is 17.8 Å². The molecular weight excluding hydrogens is 369 g/mol. The molecule has 2 N–H and O–H groups in total. The van der Waals surface area contributed by atoms with Gasteiger partial charge < -0.3 is 10.2 Å². The lowest BCUT2D eigenvalue weighted by Gasteiger charge is -2.10. The average molecular weight is 400 g/mol. The minimum atomic E-state index is -0.716. The Balaban J connectivity index is 1.80. The number of carbonyl (C=O) groups is 1. The summed E-state index contributed by atoms with van der Waals surface area (Å²) in [7, 11) is 0. The van der Waals surface area contributed by atoms with Gasteiger partial charge in [0.1, 0.15) is 11.6 Å². The first-order chi connectivity index (χ1) is 14.1. The Morgan fingerprint density at radius 1 is 0.862 bits per heavy atom. The summed E-state index contributed by atoms with van der Waals surface area (Å²) in [5.74, 6) is -1.09. The highest BCUT2D eigenvalue weighted by Gasteiger charge is 2.12. The monoisotopic (exact) mass is 399 g/mol. The number of aromatic hydroxyl groups is 1. The van der Waals surface area contributed by atoms with Crippen LogP contribution in [0.2, 0.25) is 0 Å². The molecule has 156 valence electrons. The van der Waals surface area contributed by atoms with Crippen molar-refractivity contribution in [2.75, 3.05) is 6.54 Å². The van der Waals surface area contributed by atoms with Crippen LogP contribution in [0.1, 0.15) is 68.9 Å². The maximum Gasteiger partial charge on any atom is 0.303 e. The summed E-state index contributed by atoms with van der Waals surface area (Å²) in [5.41, 5.74) is 1.88. The molecule has 0 aliphatic carbocycles. The second-order valence-electron chi connectivity index (χ2n) is 7.23. The molecular formula is C24H30FNO3. The van der Waals surface area contributed by atoms with E-state index in [4.69, 9.17) is 5.11 Å². The number of aliphatic carboxylic acids is 1. The van der Waals surface area contributed by atoms with Gasteiger partial charge in [-0.15, -0.1) is 0 Å². The van der Waals surface area contributed by atoms with E-state index in [9.17, 15) is 14.3 Å². The van der Waals surface area contributed by atoms with E-state index in [-0.39, 0.29) is 12.2 Å². The number of nitrogens with zero attached hydrogens (tertiary/aromatic N) is 1. The summed E-state index contributed by atoms with van der Waals surface area (Å²) in [4.78, 5) is 15.1.